The summed E-state index contributed by atoms with van der Waals surface area (Å²) in [6, 6.07) is 6.03. The number of benzene rings is 1. The van der Waals surface area contributed by atoms with Crippen LogP contribution >= 0.6 is 0 Å². The third-order valence-electron chi connectivity index (χ3n) is 4.63. The monoisotopic (exact) mass is 313 g/mol. The third kappa shape index (κ3) is 3.64. The van der Waals surface area contributed by atoms with Crippen molar-refractivity contribution in [2.75, 3.05) is 0 Å². The number of allylic oxidation sites excluding steroid dienone is 2. The maximum atomic E-state index is 12.2. The number of nitro groups is 1. The molecule has 120 valence electrons. The van der Waals surface area contributed by atoms with Gasteiger partial charge < -0.3 is 0 Å². The molecule has 1 saturated carbocycles. The first-order chi connectivity index (χ1) is 11.2. The predicted octanol–water partition coefficient (Wildman–Crippen LogP) is 3.04. The van der Waals surface area contributed by atoms with Crippen LogP contribution in [0.25, 0.3) is 0 Å². The molecule has 1 amide bonds. The molecule has 0 aliphatic heterocycles. The standard InChI is InChI=1S/C17H19N3O3/c21-17(16-14-5-3-1-2-4-6-15(14)16)19-18-11-12-7-9-13(10-8-12)20(22)23/h1-2,7-11,14-16H,3-6H2,(H,19,21)/b2-1?,18-11-/t14-,15-/m0/s1. The second-order valence-corrected chi connectivity index (χ2v) is 6.06. The van der Waals surface area contributed by atoms with Gasteiger partial charge in [0.05, 0.1) is 11.1 Å². The normalized spacial score (nSPS) is 26.2. The Kier molecular flexibility index (Phi) is 4.50. The Hall–Kier alpha value is -2.50. The highest BCUT2D eigenvalue weighted by atomic mass is 16.6. The number of fused-ring (bicyclic) bond motifs is 1. The van der Waals surface area contributed by atoms with Crippen molar-refractivity contribution in [3.63, 3.8) is 0 Å². The van der Waals surface area contributed by atoms with E-state index in [2.05, 4.69) is 22.7 Å². The SMILES string of the molecule is O=C(N/N=C\c1ccc([N+](=O)[O-])cc1)C1[C@H]2CCC=CCC[C@H]12. The Morgan fingerprint density at radius 1 is 1.17 bits per heavy atom. The highest BCUT2D eigenvalue weighted by molar-refractivity contribution is 5.85. The van der Waals surface area contributed by atoms with E-state index in [0.29, 0.717) is 17.4 Å². The molecule has 0 heterocycles. The molecule has 1 aromatic rings. The minimum Gasteiger partial charge on any atom is -0.273 e. The average Bonchev–Trinajstić information content (AvgIpc) is 3.19. The van der Waals surface area contributed by atoms with Gasteiger partial charge in [0, 0.05) is 18.1 Å². The number of hydrogen-bond donors (Lipinski definition) is 1. The van der Waals surface area contributed by atoms with Crippen LogP contribution in [0.3, 0.4) is 0 Å². The fourth-order valence-electron chi connectivity index (χ4n) is 3.36. The Morgan fingerprint density at radius 3 is 2.35 bits per heavy atom. The second kappa shape index (κ2) is 6.73. The number of rotatable bonds is 4. The summed E-state index contributed by atoms with van der Waals surface area (Å²) in [5.74, 6) is 1.06. The lowest BCUT2D eigenvalue weighted by molar-refractivity contribution is -0.384. The van der Waals surface area contributed by atoms with E-state index in [1.165, 1.54) is 18.3 Å². The summed E-state index contributed by atoms with van der Waals surface area (Å²) in [6.45, 7) is 0. The number of carbonyl (C=O) groups is 1. The highest BCUT2D eigenvalue weighted by Gasteiger charge is 2.53. The summed E-state index contributed by atoms with van der Waals surface area (Å²) in [6.07, 6.45) is 10.2. The van der Waals surface area contributed by atoms with Gasteiger partial charge in [0.25, 0.3) is 5.69 Å². The maximum Gasteiger partial charge on any atom is 0.269 e. The summed E-state index contributed by atoms with van der Waals surface area (Å²) in [5.41, 5.74) is 3.35. The van der Waals surface area contributed by atoms with E-state index in [0.717, 1.165) is 25.7 Å². The van der Waals surface area contributed by atoms with Crippen LogP contribution in [0.4, 0.5) is 5.69 Å². The molecule has 1 aromatic carbocycles. The first-order valence-electron chi connectivity index (χ1n) is 7.89. The van der Waals surface area contributed by atoms with E-state index < -0.39 is 4.92 Å². The van der Waals surface area contributed by atoms with Crippen LogP contribution in [0.15, 0.2) is 41.5 Å². The molecule has 2 atom stereocenters. The van der Waals surface area contributed by atoms with E-state index in [1.54, 1.807) is 12.1 Å². The lowest BCUT2D eigenvalue weighted by Gasteiger charge is -1.99. The Morgan fingerprint density at radius 2 is 1.78 bits per heavy atom. The smallest absolute Gasteiger partial charge is 0.269 e. The number of nitro benzene ring substituents is 1. The summed E-state index contributed by atoms with van der Waals surface area (Å²) in [4.78, 5) is 22.3. The van der Waals surface area contributed by atoms with E-state index in [-0.39, 0.29) is 17.5 Å². The number of carbonyl (C=O) groups excluding carboxylic acids is 1. The molecule has 3 rings (SSSR count). The molecule has 1 fully saturated rings. The molecule has 23 heavy (non-hydrogen) atoms. The van der Waals surface area contributed by atoms with Crippen molar-refractivity contribution >= 4 is 17.8 Å². The average molecular weight is 313 g/mol. The summed E-state index contributed by atoms with van der Waals surface area (Å²) in [7, 11) is 0. The van der Waals surface area contributed by atoms with Crippen molar-refractivity contribution in [3.05, 3.63) is 52.1 Å². The molecule has 6 heteroatoms. The molecule has 0 aromatic heterocycles. The van der Waals surface area contributed by atoms with E-state index in [4.69, 9.17) is 0 Å². The first kappa shape index (κ1) is 15.4. The fourth-order valence-corrected chi connectivity index (χ4v) is 3.36. The van der Waals surface area contributed by atoms with Gasteiger partial charge in [-0.1, -0.05) is 12.2 Å². The van der Waals surface area contributed by atoms with Gasteiger partial charge in [-0.25, -0.2) is 5.43 Å². The second-order valence-electron chi connectivity index (χ2n) is 6.06. The predicted molar refractivity (Wildman–Crippen MR) is 86.9 cm³/mol. The Balaban J connectivity index is 1.52. The zero-order valence-electron chi connectivity index (χ0n) is 12.7. The van der Waals surface area contributed by atoms with Crippen LogP contribution < -0.4 is 5.43 Å². The minimum atomic E-state index is -0.447. The minimum absolute atomic E-state index is 0.0138. The molecule has 0 unspecified atom stereocenters. The summed E-state index contributed by atoms with van der Waals surface area (Å²) in [5, 5.41) is 14.6. The van der Waals surface area contributed by atoms with Crippen molar-refractivity contribution < 1.29 is 9.72 Å². The van der Waals surface area contributed by atoms with E-state index in [9.17, 15) is 14.9 Å². The number of non-ortho nitro benzene ring substituents is 1. The van der Waals surface area contributed by atoms with Crippen LogP contribution in [0.2, 0.25) is 0 Å². The van der Waals surface area contributed by atoms with Crippen LogP contribution in [-0.4, -0.2) is 17.0 Å². The van der Waals surface area contributed by atoms with Crippen molar-refractivity contribution in [2.24, 2.45) is 22.9 Å². The van der Waals surface area contributed by atoms with Gasteiger partial charge in [-0.15, -0.1) is 0 Å². The quantitative estimate of drug-likeness (QED) is 0.401. The molecule has 6 nitrogen and oxygen atoms in total. The zero-order valence-corrected chi connectivity index (χ0v) is 12.7. The van der Waals surface area contributed by atoms with Crippen molar-refractivity contribution in [2.45, 2.75) is 25.7 Å². The molecule has 0 spiro atoms. The summed E-state index contributed by atoms with van der Waals surface area (Å²) < 4.78 is 0. The molecule has 0 saturated heterocycles. The largest absolute Gasteiger partial charge is 0.273 e. The van der Waals surface area contributed by atoms with Gasteiger partial charge in [-0.05, 0) is 55.2 Å². The fraction of sp³-hybridized carbons (Fsp3) is 0.412. The van der Waals surface area contributed by atoms with Crippen LogP contribution in [0, 0.1) is 27.9 Å². The molecule has 2 aliphatic rings. The van der Waals surface area contributed by atoms with Crippen molar-refractivity contribution in [1.82, 2.24) is 5.43 Å². The topological polar surface area (TPSA) is 84.6 Å². The highest BCUT2D eigenvalue weighted by Crippen LogP contribution is 2.52. The zero-order chi connectivity index (χ0) is 16.2. The first-order valence-corrected chi connectivity index (χ1v) is 7.89. The van der Waals surface area contributed by atoms with E-state index >= 15 is 0 Å². The van der Waals surface area contributed by atoms with Crippen LogP contribution in [0.1, 0.15) is 31.2 Å². The molecular weight excluding hydrogens is 294 g/mol. The number of hydrazone groups is 1. The molecule has 0 radical (unpaired) electrons. The van der Waals surface area contributed by atoms with Gasteiger partial charge in [0.2, 0.25) is 5.91 Å². The van der Waals surface area contributed by atoms with Crippen LogP contribution in [-0.2, 0) is 4.79 Å². The van der Waals surface area contributed by atoms with Crippen molar-refractivity contribution in [3.8, 4) is 0 Å². The van der Waals surface area contributed by atoms with Gasteiger partial charge in [-0.3, -0.25) is 14.9 Å². The molecule has 2 aliphatic carbocycles. The number of amides is 1. The number of nitrogens with one attached hydrogen (secondary N) is 1. The Labute approximate surface area is 134 Å². The molecular formula is C17H19N3O3. The van der Waals surface area contributed by atoms with Gasteiger partial charge in [-0.2, -0.15) is 5.10 Å². The number of hydrogen-bond acceptors (Lipinski definition) is 4. The van der Waals surface area contributed by atoms with Gasteiger partial charge in [0.1, 0.15) is 0 Å². The lowest BCUT2D eigenvalue weighted by Crippen LogP contribution is -2.21. The molecule has 0 bridgehead atoms. The van der Waals surface area contributed by atoms with Gasteiger partial charge in [0.15, 0.2) is 0 Å². The van der Waals surface area contributed by atoms with Crippen molar-refractivity contribution in [1.29, 1.82) is 0 Å². The third-order valence-corrected chi connectivity index (χ3v) is 4.63. The van der Waals surface area contributed by atoms with E-state index in [1.807, 2.05) is 0 Å². The van der Waals surface area contributed by atoms with Crippen LogP contribution in [0.5, 0.6) is 0 Å². The van der Waals surface area contributed by atoms with Gasteiger partial charge >= 0.3 is 0 Å². The summed E-state index contributed by atoms with van der Waals surface area (Å²) >= 11 is 0. The Bertz CT molecular complexity index is 636. The molecule has 1 N–H and O–H groups in total. The lowest BCUT2D eigenvalue weighted by atomic mass is 10.1. The number of nitrogens with zero attached hydrogens (tertiary/aromatic N) is 2. The maximum absolute atomic E-state index is 12.2.